The smallest absolute Gasteiger partial charge is 0.437 e. The van der Waals surface area contributed by atoms with Gasteiger partial charge in [-0.2, -0.15) is 4.89 Å². The van der Waals surface area contributed by atoms with Crippen LogP contribution in [0.2, 0.25) is 0 Å². The number of para-hydroxylation sites is 2. The third-order valence-corrected chi connectivity index (χ3v) is 5.56. The van der Waals surface area contributed by atoms with Crippen molar-refractivity contribution in [1.29, 1.82) is 0 Å². The van der Waals surface area contributed by atoms with Crippen LogP contribution in [0.4, 0.5) is 14.4 Å². The SMILES string of the molecule is COOc1c(OC(=O)OC)cccc1C(=O)N(C)CCCN(CC(N)=O)C(=O)c1cccc(OC(=O)OC)c1OC(=O)OC. The lowest BCUT2D eigenvalue weighted by molar-refractivity contribution is -0.179. The minimum absolute atomic E-state index is 0.0205. The summed E-state index contributed by atoms with van der Waals surface area (Å²) >= 11 is 0. The molecule has 0 bridgehead atoms. The quantitative estimate of drug-likeness (QED) is 0.112. The van der Waals surface area contributed by atoms with Gasteiger partial charge >= 0.3 is 18.5 Å². The molecule has 0 aromatic heterocycles. The maximum Gasteiger partial charge on any atom is 0.513 e. The van der Waals surface area contributed by atoms with Gasteiger partial charge in [0, 0.05) is 20.1 Å². The maximum absolute atomic E-state index is 13.5. The first-order valence-corrected chi connectivity index (χ1v) is 12.5. The van der Waals surface area contributed by atoms with E-state index in [1.165, 1.54) is 55.5 Å². The van der Waals surface area contributed by atoms with Crippen LogP contribution >= 0.6 is 0 Å². The van der Waals surface area contributed by atoms with Gasteiger partial charge in [0.2, 0.25) is 11.7 Å². The van der Waals surface area contributed by atoms with Crippen LogP contribution in [-0.4, -0.2) is 101 Å². The van der Waals surface area contributed by atoms with E-state index >= 15 is 0 Å². The van der Waals surface area contributed by atoms with Crippen molar-refractivity contribution in [2.75, 3.05) is 55.1 Å². The number of hydrogen-bond donors (Lipinski definition) is 1. The molecule has 0 heterocycles. The lowest BCUT2D eigenvalue weighted by atomic mass is 10.1. The summed E-state index contributed by atoms with van der Waals surface area (Å²) in [6, 6.07) is 8.04. The number of amides is 3. The largest absolute Gasteiger partial charge is 0.513 e. The van der Waals surface area contributed by atoms with E-state index in [0.29, 0.717) is 0 Å². The molecule has 0 aliphatic carbocycles. The molecule has 17 heteroatoms. The summed E-state index contributed by atoms with van der Waals surface area (Å²) in [6.07, 6.45) is -3.30. The molecule has 2 aromatic rings. The summed E-state index contributed by atoms with van der Waals surface area (Å²) in [5.74, 6) is -3.39. The zero-order valence-corrected chi connectivity index (χ0v) is 24.5. The summed E-state index contributed by atoms with van der Waals surface area (Å²) in [4.78, 5) is 85.9. The fraction of sp³-hybridized carbons (Fsp3) is 0.333. The Morgan fingerprint density at radius 3 is 1.68 bits per heavy atom. The van der Waals surface area contributed by atoms with E-state index in [2.05, 4.69) is 19.1 Å². The summed E-state index contributed by atoms with van der Waals surface area (Å²) in [6.45, 7) is -0.603. The number of nitrogens with zero attached hydrogens (tertiary/aromatic N) is 2. The Labute approximate surface area is 251 Å². The van der Waals surface area contributed by atoms with Crippen molar-refractivity contribution >= 4 is 36.2 Å². The molecule has 0 aliphatic heterocycles. The number of rotatable bonds is 13. The second-order valence-corrected chi connectivity index (χ2v) is 8.46. The Hall–Kier alpha value is -5.58. The molecule has 44 heavy (non-hydrogen) atoms. The van der Waals surface area contributed by atoms with Gasteiger partial charge < -0.3 is 48.8 Å². The molecule has 0 saturated heterocycles. The molecule has 0 unspecified atom stereocenters. The highest BCUT2D eigenvalue weighted by Gasteiger charge is 2.28. The molecule has 0 saturated carbocycles. The van der Waals surface area contributed by atoms with E-state index in [-0.39, 0.29) is 47.9 Å². The molecule has 2 rings (SSSR count). The first-order valence-electron chi connectivity index (χ1n) is 12.5. The number of benzene rings is 2. The van der Waals surface area contributed by atoms with Gasteiger partial charge in [-0.25, -0.2) is 14.4 Å². The molecule has 2 aromatic carbocycles. The minimum Gasteiger partial charge on any atom is -0.437 e. The zero-order valence-electron chi connectivity index (χ0n) is 24.5. The Balaban J connectivity index is 2.28. The van der Waals surface area contributed by atoms with Gasteiger partial charge in [0.15, 0.2) is 17.2 Å². The van der Waals surface area contributed by atoms with Crippen molar-refractivity contribution in [3.8, 4) is 23.0 Å². The molecule has 17 nitrogen and oxygen atoms in total. The number of methoxy groups -OCH3 is 3. The van der Waals surface area contributed by atoms with Gasteiger partial charge in [0.25, 0.3) is 11.8 Å². The van der Waals surface area contributed by atoms with Crippen LogP contribution in [0.15, 0.2) is 36.4 Å². The van der Waals surface area contributed by atoms with Gasteiger partial charge in [0.1, 0.15) is 0 Å². The van der Waals surface area contributed by atoms with E-state index in [1.807, 2.05) is 0 Å². The maximum atomic E-state index is 13.5. The molecular formula is C27H31N3O14. The molecule has 0 aliphatic rings. The second-order valence-electron chi connectivity index (χ2n) is 8.46. The van der Waals surface area contributed by atoms with Gasteiger partial charge in [0.05, 0.1) is 46.1 Å². The number of nitrogens with two attached hydrogens (primary N) is 1. The normalized spacial score (nSPS) is 10.1. The third kappa shape index (κ3) is 9.48. The Morgan fingerprint density at radius 2 is 1.18 bits per heavy atom. The number of hydrogen-bond acceptors (Lipinski definition) is 14. The van der Waals surface area contributed by atoms with Crippen molar-refractivity contribution in [3.05, 3.63) is 47.5 Å². The summed E-state index contributed by atoms with van der Waals surface area (Å²) in [5.41, 5.74) is 5.07. The van der Waals surface area contributed by atoms with Crippen LogP contribution in [0.5, 0.6) is 23.0 Å². The Morgan fingerprint density at radius 1 is 0.682 bits per heavy atom. The number of carbonyl (C=O) groups is 6. The predicted molar refractivity (Wildman–Crippen MR) is 146 cm³/mol. The predicted octanol–water partition coefficient (Wildman–Crippen LogP) is 2.15. The molecular weight excluding hydrogens is 590 g/mol. The van der Waals surface area contributed by atoms with Crippen LogP contribution in [0, 0.1) is 0 Å². The fourth-order valence-corrected chi connectivity index (χ4v) is 3.61. The van der Waals surface area contributed by atoms with Crippen LogP contribution < -0.4 is 24.8 Å². The summed E-state index contributed by atoms with van der Waals surface area (Å²) < 4.78 is 28.5. The molecule has 0 radical (unpaired) electrons. The molecule has 0 fully saturated rings. The number of carbonyl (C=O) groups excluding carboxylic acids is 6. The molecule has 0 atom stereocenters. The third-order valence-electron chi connectivity index (χ3n) is 5.56. The Bertz CT molecular complexity index is 1380. The van der Waals surface area contributed by atoms with Gasteiger partial charge in [-0.3, -0.25) is 14.4 Å². The molecule has 2 N–H and O–H groups in total. The van der Waals surface area contributed by atoms with E-state index in [4.69, 9.17) is 24.8 Å². The first-order chi connectivity index (χ1) is 21.0. The van der Waals surface area contributed by atoms with Crippen molar-refractivity contribution in [2.24, 2.45) is 5.73 Å². The number of ether oxygens (including phenoxy) is 6. The number of primary amides is 1. The standard InChI is InChI=1S/C27H31N3O14/c1-29(23(32)17-10-7-12-19(22(17)44-40-5)42-26(35)38-3)13-8-14-30(15-20(28)31)24(33)16-9-6-11-18(41-25(34)37-2)21(16)43-27(36)39-4/h6-7,9-12H,8,13-15H2,1-5H3,(H2,28,31). The summed E-state index contributed by atoms with van der Waals surface area (Å²) in [7, 11) is 5.83. The molecule has 3 amide bonds. The van der Waals surface area contributed by atoms with Crippen molar-refractivity contribution in [1.82, 2.24) is 9.80 Å². The highest BCUT2D eigenvalue weighted by atomic mass is 17.2. The van der Waals surface area contributed by atoms with Crippen LogP contribution in [0.25, 0.3) is 0 Å². The topological polar surface area (TPSA) is 209 Å². The van der Waals surface area contributed by atoms with Crippen molar-refractivity contribution in [2.45, 2.75) is 6.42 Å². The van der Waals surface area contributed by atoms with E-state index in [1.54, 1.807) is 0 Å². The average molecular weight is 622 g/mol. The van der Waals surface area contributed by atoms with Crippen LogP contribution in [-0.2, 0) is 23.9 Å². The first kappa shape index (κ1) is 34.6. The molecule has 0 spiro atoms. The van der Waals surface area contributed by atoms with Crippen molar-refractivity contribution < 1.29 is 67.0 Å². The van der Waals surface area contributed by atoms with E-state index < -0.39 is 48.5 Å². The fourth-order valence-electron chi connectivity index (χ4n) is 3.61. The van der Waals surface area contributed by atoms with E-state index in [0.717, 1.165) is 26.2 Å². The zero-order chi connectivity index (χ0) is 32.8. The van der Waals surface area contributed by atoms with Gasteiger partial charge in [-0.1, -0.05) is 12.1 Å². The summed E-state index contributed by atoms with van der Waals surface area (Å²) in [5, 5.41) is 0. The lowest BCUT2D eigenvalue weighted by Crippen LogP contribution is -2.40. The average Bonchev–Trinajstić information content (AvgIpc) is 3.00. The van der Waals surface area contributed by atoms with Crippen LogP contribution in [0.1, 0.15) is 27.1 Å². The van der Waals surface area contributed by atoms with Gasteiger partial charge in [-0.05, 0) is 30.7 Å². The van der Waals surface area contributed by atoms with Gasteiger partial charge in [-0.15, -0.1) is 0 Å². The molecule has 238 valence electrons. The van der Waals surface area contributed by atoms with Crippen molar-refractivity contribution in [3.63, 3.8) is 0 Å². The van der Waals surface area contributed by atoms with Crippen LogP contribution in [0.3, 0.4) is 0 Å². The minimum atomic E-state index is -1.22. The highest BCUT2D eigenvalue weighted by Crippen LogP contribution is 2.34. The van der Waals surface area contributed by atoms with E-state index in [9.17, 15) is 28.8 Å². The lowest BCUT2D eigenvalue weighted by Gasteiger charge is -2.24. The monoisotopic (exact) mass is 621 g/mol. The Kier molecular flexibility index (Phi) is 13.2. The highest BCUT2D eigenvalue weighted by molar-refractivity contribution is 6.00. The second kappa shape index (κ2) is 16.8.